The number of aryl methyl sites for hydroxylation is 3. The lowest BCUT2D eigenvalue weighted by Gasteiger charge is -2.12. The number of benzene rings is 1. The van der Waals surface area contributed by atoms with Crippen LogP contribution in [0.3, 0.4) is 0 Å². The Morgan fingerprint density at radius 1 is 1.12 bits per heavy atom. The number of nitrogens with zero attached hydrogens (tertiary/aromatic N) is 1. The molecule has 0 aliphatic heterocycles. The van der Waals surface area contributed by atoms with E-state index in [1.54, 1.807) is 24.3 Å². The van der Waals surface area contributed by atoms with E-state index in [0.717, 1.165) is 22.6 Å². The van der Waals surface area contributed by atoms with Crippen LogP contribution in [-0.4, -0.2) is 23.3 Å². The van der Waals surface area contributed by atoms with Gasteiger partial charge in [-0.2, -0.15) is 0 Å². The van der Waals surface area contributed by atoms with Gasteiger partial charge in [-0.25, -0.2) is 0 Å². The van der Waals surface area contributed by atoms with E-state index in [9.17, 15) is 9.59 Å². The highest BCUT2D eigenvalue weighted by atomic mass is 35.5. The lowest BCUT2D eigenvalue weighted by atomic mass is 10.1. The summed E-state index contributed by atoms with van der Waals surface area (Å²) < 4.78 is 0. The van der Waals surface area contributed by atoms with Crippen molar-refractivity contribution in [1.82, 2.24) is 10.3 Å². The van der Waals surface area contributed by atoms with Gasteiger partial charge >= 0.3 is 0 Å². The first-order chi connectivity index (χ1) is 11.9. The Bertz CT molecular complexity index is 750. The third-order valence-electron chi connectivity index (χ3n) is 3.76. The maximum atomic E-state index is 12.1. The number of carbonyl (C=O) groups excluding carboxylic acids is 2. The van der Waals surface area contributed by atoms with E-state index in [2.05, 4.69) is 15.6 Å². The fourth-order valence-corrected chi connectivity index (χ4v) is 2.69. The Balaban J connectivity index is 1.77. The molecule has 0 atom stereocenters. The van der Waals surface area contributed by atoms with Gasteiger partial charge in [0.2, 0.25) is 5.91 Å². The molecule has 0 saturated carbocycles. The van der Waals surface area contributed by atoms with Crippen LogP contribution in [0.5, 0.6) is 0 Å². The van der Waals surface area contributed by atoms with Crippen LogP contribution in [0.15, 0.2) is 30.3 Å². The third-order valence-corrected chi connectivity index (χ3v) is 4.01. The van der Waals surface area contributed by atoms with Crippen LogP contribution < -0.4 is 10.6 Å². The van der Waals surface area contributed by atoms with Gasteiger partial charge in [0.15, 0.2) is 0 Å². The minimum atomic E-state index is -0.175. The summed E-state index contributed by atoms with van der Waals surface area (Å²) in [6.07, 6.45) is 0.885. The van der Waals surface area contributed by atoms with Crippen molar-refractivity contribution in [3.05, 3.63) is 57.9 Å². The molecule has 2 N–H and O–H groups in total. The molecule has 0 bridgehead atoms. The molecule has 0 aliphatic carbocycles. The lowest BCUT2D eigenvalue weighted by Crippen LogP contribution is -2.25. The van der Waals surface area contributed by atoms with Crippen molar-refractivity contribution in [2.45, 2.75) is 33.6 Å². The van der Waals surface area contributed by atoms with Gasteiger partial charge in [-0.1, -0.05) is 11.6 Å². The third kappa shape index (κ3) is 5.57. The Morgan fingerprint density at radius 2 is 1.80 bits per heavy atom. The topological polar surface area (TPSA) is 71.1 Å². The number of rotatable bonds is 6. The molecule has 6 heteroatoms. The van der Waals surface area contributed by atoms with Crippen molar-refractivity contribution in [2.75, 3.05) is 11.9 Å². The van der Waals surface area contributed by atoms with Crippen molar-refractivity contribution in [2.24, 2.45) is 0 Å². The average Bonchev–Trinajstić information content (AvgIpc) is 2.55. The van der Waals surface area contributed by atoms with Crippen molar-refractivity contribution < 1.29 is 9.59 Å². The summed E-state index contributed by atoms with van der Waals surface area (Å²) in [7, 11) is 0. The first-order valence-electron chi connectivity index (χ1n) is 8.15. The predicted octanol–water partition coefficient (Wildman–Crippen LogP) is 3.81. The number of aromatic nitrogens is 1. The van der Waals surface area contributed by atoms with Crippen LogP contribution in [0.2, 0.25) is 5.02 Å². The zero-order chi connectivity index (χ0) is 18.4. The second-order valence-corrected chi connectivity index (χ2v) is 6.39. The Morgan fingerprint density at radius 3 is 2.44 bits per heavy atom. The molecule has 2 aromatic rings. The predicted molar refractivity (Wildman–Crippen MR) is 100 cm³/mol. The van der Waals surface area contributed by atoms with Gasteiger partial charge in [0.25, 0.3) is 5.91 Å². The van der Waals surface area contributed by atoms with Gasteiger partial charge in [0.05, 0.1) is 11.4 Å². The maximum absolute atomic E-state index is 12.1. The Labute approximate surface area is 152 Å². The van der Waals surface area contributed by atoms with Gasteiger partial charge in [-0.3, -0.25) is 14.6 Å². The highest BCUT2D eigenvalue weighted by Crippen LogP contribution is 2.19. The zero-order valence-electron chi connectivity index (χ0n) is 14.6. The molecule has 2 amide bonds. The number of halogens is 1. The number of carbonyl (C=O) groups is 2. The molecule has 2 rings (SSSR count). The fourth-order valence-electron chi connectivity index (χ4n) is 2.57. The molecule has 132 valence electrons. The standard InChI is InChI=1S/C19H22ClN3O2/c1-12-11-13(2)22-14(3)18(12)23-17(24)5-4-10-21-19(25)15-6-8-16(20)9-7-15/h6-9,11H,4-5,10H2,1-3H3,(H,21,25)(H,23,24). The normalized spacial score (nSPS) is 10.4. The Kier molecular flexibility index (Phi) is 6.53. The average molecular weight is 360 g/mol. The van der Waals surface area contributed by atoms with Gasteiger partial charge in [-0.15, -0.1) is 0 Å². The summed E-state index contributed by atoms with van der Waals surface area (Å²) in [5, 5.41) is 6.28. The van der Waals surface area contributed by atoms with E-state index in [-0.39, 0.29) is 11.8 Å². The number of pyridine rings is 1. The van der Waals surface area contributed by atoms with Crippen LogP contribution in [0.25, 0.3) is 0 Å². The van der Waals surface area contributed by atoms with E-state index in [1.165, 1.54) is 0 Å². The van der Waals surface area contributed by atoms with Crippen molar-refractivity contribution >= 4 is 29.1 Å². The van der Waals surface area contributed by atoms with Gasteiger partial charge < -0.3 is 10.6 Å². The second-order valence-electron chi connectivity index (χ2n) is 5.96. The summed E-state index contributed by atoms with van der Waals surface area (Å²) >= 11 is 5.79. The van der Waals surface area contributed by atoms with Gasteiger partial charge in [0, 0.05) is 29.2 Å². The SMILES string of the molecule is Cc1cc(C)c(NC(=O)CCCNC(=O)c2ccc(Cl)cc2)c(C)n1. The van der Waals surface area contributed by atoms with Crippen LogP contribution in [-0.2, 0) is 4.79 Å². The first-order valence-corrected chi connectivity index (χ1v) is 8.53. The van der Waals surface area contributed by atoms with Crippen LogP contribution in [0, 0.1) is 20.8 Å². The summed E-state index contributed by atoms with van der Waals surface area (Å²) in [6, 6.07) is 8.62. The molecular formula is C19H22ClN3O2. The summed E-state index contributed by atoms with van der Waals surface area (Å²) in [6.45, 7) is 6.18. The molecule has 1 aromatic carbocycles. The quantitative estimate of drug-likeness (QED) is 0.770. The molecule has 0 spiro atoms. The van der Waals surface area contributed by atoms with Crippen molar-refractivity contribution in [1.29, 1.82) is 0 Å². The van der Waals surface area contributed by atoms with E-state index in [4.69, 9.17) is 11.6 Å². The Hall–Kier alpha value is -2.40. The number of amides is 2. The molecule has 5 nitrogen and oxygen atoms in total. The number of hydrogen-bond donors (Lipinski definition) is 2. The largest absolute Gasteiger partial charge is 0.352 e. The van der Waals surface area contributed by atoms with Crippen LogP contribution in [0.4, 0.5) is 5.69 Å². The minimum Gasteiger partial charge on any atom is -0.352 e. The number of hydrogen-bond acceptors (Lipinski definition) is 3. The smallest absolute Gasteiger partial charge is 0.251 e. The molecule has 1 aromatic heterocycles. The van der Waals surface area contributed by atoms with E-state index < -0.39 is 0 Å². The van der Waals surface area contributed by atoms with E-state index in [0.29, 0.717) is 30.0 Å². The lowest BCUT2D eigenvalue weighted by molar-refractivity contribution is -0.116. The summed E-state index contributed by atoms with van der Waals surface area (Å²) in [4.78, 5) is 28.4. The first kappa shape index (κ1) is 18.9. The van der Waals surface area contributed by atoms with Gasteiger partial charge in [-0.05, 0) is 63.1 Å². The maximum Gasteiger partial charge on any atom is 0.251 e. The van der Waals surface area contributed by atoms with Crippen LogP contribution in [0.1, 0.15) is 40.2 Å². The van der Waals surface area contributed by atoms with E-state index >= 15 is 0 Å². The molecular weight excluding hydrogens is 338 g/mol. The summed E-state index contributed by atoms with van der Waals surface area (Å²) in [5.41, 5.74) is 4.04. The minimum absolute atomic E-state index is 0.0856. The summed E-state index contributed by atoms with van der Waals surface area (Å²) in [5.74, 6) is -0.260. The zero-order valence-corrected chi connectivity index (χ0v) is 15.4. The molecule has 0 unspecified atom stereocenters. The molecule has 1 heterocycles. The molecule has 0 saturated heterocycles. The van der Waals surface area contributed by atoms with Crippen LogP contribution >= 0.6 is 11.6 Å². The number of anilines is 1. The monoisotopic (exact) mass is 359 g/mol. The fraction of sp³-hybridized carbons (Fsp3) is 0.316. The van der Waals surface area contributed by atoms with Crippen molar-refractivity contribution in [3.8, 4) is 0 Å². The number of nitrogens with one attached hydrogen (secondary N) is 2. The molecule has 25 heavy (non-hydrogen) atoms. The van der Waals surface area contributed by atoms with Crippen molar-refractivity contribution in [3.63, 3.8) is 0 Å². The highest BCUT2D eigenvalue weighted by molar-refractivity contribution is 6.30. The van der Waals surface area contributed by atoms with Gasteiger partial charge in [0.1, 0.15) is 0 Å². The van der Waals surface area contributed by atoms with E-state index in [1.807, 2.05) is 26.8 Å². The second kappa shape index (κ2) is 8.62. The molecule has 0 fully saturated rings. The highest BCUT2D eigenvalue weighted by Gasteiger charge is 2.10. The molecule has 0 aliphatic rings. The molecule has 0 radical (unpaired) electrons.